The average molecular weight is 329 g/mol. The van der Waals surface area contributed by atoms with Gasteiger partial charge in [0.2, 0.25) is 5.91 Å². The standard InChI is InChI=1S/C20H31N3O/c1-3-5-6-7-8-11-15-23-18-14-10-9-13-17(18)22-19(23)16-21-20(24)12-4-2/h9-10,13-14H,3-8,11-12,15-16H2,1-2H3,(H,21,24). The highest BCUT2D eigenvalue weighted by molar-refractivity contribution is 5.77. The summed E-state index contributed by atoms with van der Waals surface area (Å²) in [6, 6.07) is 8.24. The van der Waals surface area contributed by atoms with Crippen LogP contribution >= 0.6 is 0 Å². The van der Waals surface area contributed by atoms with Crippen LogP contribution in [0, 0.1) is 0 Å². The number of para-hydroxylation sites is 2. The van der Waals surface area contributed by atoms with E-state index in [1.54, 1.807) is 0 Å². The minimum Gasteiger partial charge on any atom is -0.349 e. The van der Waals surface area contributed by atoms with Crippen molar-refractivity contribution in [3.05, 3.63) is 30.1 Å². The third kappa shape index (κ3) is 5.36. The number of aryl methyl sites for hydroxylation is 1. The monoisotopic (exact) mass is 329 g/mol. The Bertz CT molecular complexity index is 633. The summed E-state index contributed by atoms with van der Waals surface area (Å²) in [5.41, 5.74) is 2.19. The molecule has 1 amide bonds. The van der Waals surface area contributed by atoms with Crippen LogP contribution < -0.4 is 5.32 Å². The molecule has 132 valence electrons. The van der Waals surface area contributed by atoms with Gasteiger partial charge in [0, 0.05) is 13.0 Å². The Kier molecular flexibility index (Phi) is 7.80. The molecule has 1 aromatic carbocycles. The Balaban J connectivity index is 1.99. The molecule has 0 saturated carbocycles. The molecule has 4 nitrogen and oxygen atoms in total. The molecular formula is C20H31N3O. The van der Waals surface area contributed by atoms with Crippen LogP contribution in [0.15, 0.2) is 24.3 Å². The molecule has 0 aliphatic carbocycles. The quantitative estimate of drug-likeness (QED) is 0.601. The van der Waals surface area contributed by atoms with Crippen LogP contribution in [0.1, 0.15) is 71.0 Å². The van der Waals surface area contributed by atoms with Crippen LogP contribution in [0.25, 0.3) is 11.0 Å². The number of amides is 1. The van der Waals surface area contributed by atoms with Crippen molar-refractivity contribution in [3.63, 3.8) is 0 Å². The molecule has 1 aromatic heterocycles. The van der Waals surface area contributed by atoms with E-state index in [1.165, 1.54) is 44.0 Å². The molecule has 0 unspecified atom stereocenters. The van der Waals surface area contributed by atoms with Crippen molar-refractivity contribution in [2.45, 2.75) is 78.3 Å². The molecule has 2 rings (SSSR count). The maximum Gasteiger partial charge on any atom is 0.220 e. The average Bonchev–Trinajstić information content (AvgIpc) is 2.94. The number of hydrogen-bond acceptors (Lipinski definition) is 2. The zero-order valence-corrected chi connectivity index (χ0v) is 15.2. The summed E-state index contributed by atoms with van der Waals surface area (Å²) < 4.78 is 2.28. The largest absolute Gasteiger partial charge is 0.349 e. The molecule has 0 atom stereocenters. The maximum absolute atomic E-state index is 11.8. The number of fused-ring (bicyclic) bond motifs is 1. The summed E-state index contributed by atoms with van der Waals surface area (Å²) in [7, 11) is 0. The zero-order valence-electron chi connectivity index (χ0n) is 15.2. The molecule has 1 N–H and O–H groups in total. The molecule has 0 saturated heterocycles. The zero-order chi connectivity index (χ0) is 17.2. The lowest BCUT2D eigenvalue weighted by molar-refractivity contribution is -0.121. The van der Waals surface area contributed by atoms with Gasteiger partial charge in [-0.2, -0.15) is 0 Å². The summed E-state index contributed by atoms with van der Waals surface area (Å²) in [5.74, 6) is 1.07. The Morgan fingerprint density at radius 2 is 1.79 bits per heavy atom. The van der Waals surface area contributed by atoms with Crippen molar-refractivity contribution in [3.8, 4) is 0 Å². The van der Waals surface area contributed by atoms with Crippen molar-refractivity contribution < 1.29 is 4.79 Å². The molecule has 0 bridgehead atoms. The number of carbonyl (C=O) groups is 1. The first-order valence-corrected chi connectivity index (χ1v) is 9.47. The first kappa shape index (κ1) is 18.5. The number of imidazole rings is 1. The van der Waals surface area contributed by atoms with Gasteiger partial charge in [-0.1, -0.05) is 58.1 Å². The van der Waals surface area contributed by atoms with E-state index in [4.69, 9.17) is 4.98 Å². The topological polar surface area (TPSA) is 46.9 Å². The van der Waals surface area contributed by atoms with Crippen molar-refractivity contribution in [1.29, 1.82) is 0 Å². The van der Waals surface area contributed by atoms with Crippen molar-refractivity contribution in [2.75, 3.05) is 0 Å². The molecule has 1 heterocycles. The molecule has 0 fully saturated rings. The summed E-state index contributed by atoms with van der Waals surface area (Å²) in [5, 5.41) is 3.00. The van der Waals surface area contributed by atoms with E-state index in [2.05, 4.69) is 28.9 Å². The third-order valence-electron chi connectivity index (χ3n) is 4.39. The van der Waals surface area contributed by atoms with E-state index in [1.807, 2.05) is 19.1 Å². The molecule has 2 aromatic rings. The van der Waals surface area contributed by atoms with Gasteiger partial charge in [-0.15, -0.1) is 0 Å². The lowest BCUT2D eigenvalue weighted by atomic mass is 10.1. The van der Waals surface area contributed by atoms with E-state index >= 15 is 0 Å². The van der Waals surface area contributed by atoms with Gasteiger partial charge in [0.25, 0.3) is 0 Å². The molecule has 0 spiro atoms. The van der Waals surface area contributed by atoms with Gasteiger partial charge in [-0.05, 0) is 25.0 Å². The fraction of sp³-hybridized carbons (Fsp3) is 0.600. The lowest BCUT2D eigenvalue weighted by Gasteiger charge is -2.10. The predicted molar refractivity (Wildman–Crippen MR) is 99.9 cm³/mol. The number of carbonyl (C=O) groups excluding carboxylic acids is 1. The molecule has 0 radical (unpaired) electrons. The van der Waals surface area contributed by atoms with Crippen molar-refractivity contribution in [1.82, 2.24) is 14.9 Å². The molecule has 24 heavy (non-hydrogen) atoms. The SMILES string of the molecule is CCCCCCCCn1c(CNC(=O)CCC)nc2ccccc21. The van der Waals surface area contributed by atoms with Crippen LogP contribution in [0.4, 0.5) is 0 Å². The minimum absolute atomic E-state index is 0.107. The molecule has 4 heteroatoms. The van der Waals surface area contributed by atoms with E-state index < -0.39 is 0 Å². The number of aromatic nitrogens is 2. The predicted octanol–water partition coefficient (Wildman–Crippen LogP) is 4.81. The Morgan fingerprint density at radius 1 is 1.04 bits per heavy atom. The van der Waals surface area contributed by atoms with Gasteiger partial charge in [0.15, 0.2) is 0 Å². The number of benzene rings is 1. The molecular weight excluding hydrogens is 298 g/mol. The second kappa shape index (κ2) is 10.1. The van der Waals surface area contributed by atoms with Crippen molar-refractivity contribution in [2.24, 2.45) is 0 Å². The summed E-state index contributed by atoms with van der Waals surface area (Å²) in [4.78, 5) is 16.5. The normalized spacial score (nSPS) is 11.1. The van der Waals surface area contributed by atoms with Crippen LogP contribution in [0.2, 0.25) is 0 Å². The second-order valence-electron chi connectivity index (χ2n) is 6.46. The highest BCUT2D eigenvalue weighted by Gasteiger charge is 2.11. The number of hydrogen-bond donors (Lipinski definition) is 1. The van der Waals surface area contributed by atoms with E-state index in [9.17, 15) is 4.79 Å². The Labute approximate surface area is 145 Å². The van der Waals surface area contributed by atoms with Crippen LogP contribution in [-0.2, 0) is 17.9 Å². The lowest BCUT2D eigenvalue weighted by Crippen LogP contribution is -2.24. The number of nitrogens with one attached hydrogen (secondary N) is 1. The van der Waals surface area contributed by atoms with Crippen LogP contribution in [0.5, 0.6) is 0 Å². The number of unbranched alkanes of at least 4 members (excludes halogenated alkanes) is 5. The van der Waals surface area contributed by atoms with E-state index in [0.29, 0.717) is 13.0 Å². The fourth-order valence-corrected chi connectivity index (χ4v) is 3.05. The van der Waals surface area contributed by atoms with E-state index in [0.717, 1.165) is 24.3 Å². The summed E-state index contributed by atoms with van der Waals surface area (Å²) >= 11 is 0. The van der Waals surface area contributed by atoms with Gasteiger partial charge in [-0.3, -0.25) is 4.79 Å². The first-order valence-electron chi connectivity index (χ1n) is 9.47. The van der Waals surface area contributed by atoms with Gasteiger partial charge < -0.3 is 9.88 Å². The van der Waals surface area contributed by atoms with Crippen molar-refractivity contribution >= 4 is 16.9 Å². The smallest absolute Gasteiger partial charge is 0.220 e. The van der Waals surface area contributed by atoms with E-state index in [-0.39, 0.29) is 5.91 Å². The third-order valence-corrected chi connectivity index (χ3v) is 4.39. The highest BCUT2D eigenvalue weighted by Crippen LogP contribution is 2.17. The van der Waals surface area contributed by atoms with Gasteiger partial charge >= 0.3 is 0 Å². The van der Waals surface area contributed by atoms with Crippen LogP contribution in [-0.4, -0.2) is 15.5 Å². The van der Waals surface area contributed by atoms with Gasteiger partial charge in [0.05, 0.1) is 17.6 Å². The Morgan fingerprint density at radius 3 is 2.58 bits per heavy atom. The number of nitrogens with zero attached hydrogens (tertiary/aromatic N) is 2. The second-order valence-corrected chi connectivity index (χ2v) is 6.46. The molecule has 0 aliphatic heterocycles. The summed E-state index contributed by atoms with van der Waals surface area (Å²) in [6.45, 7) is 5.76. The minimum atomic E-state index is 0.107. The molecule has 0 aliphatic rings. The van der Waals surface area contributed by atoms with Gasteiger partial charge in [0.1, 0.15) is 5.82 Å². The van der Waals surface area contributed by atoms with Gasteiger partial charge in [-0.25, -0.2) is 4.98 Å². The highest BCUT2D eigenvalue weighted by atomic mass is 16.1. The first-order chi connectivity index (χ1) is 11.8. The summed E-state index contributed by atoms with van der Waals surface area (Å²) in [6.07, 6.45) is 9.15. The number of rotatable bonds is 11. The fourth-order valence-electron chi connectivity index (χ4n) is 3.05. The van der Waals surface area contributed by atoms with Crippen LogP contribution in [0.3, 0.4) is 0 Å². The maximum atomic E-state index is 11.8. The Hall–Kier alpha value is -1.84.